The first-order chi connectivity index (χ1) is 8.86. The fourth-order valence-corrected chi connectivity index (χ4v) is 2.16. The molecular formula is C14H20N2O2. The molecule has 1 aromatic rings. The second kappa shape index (κ2) is 7.24. The quantitative estimate of drug-likeness (QED) is 0.616. The normalized spacial score (nSPS) is 19.7. The first-order valence-corrected chi connectivity index (χ1v) is 6.61. The van der Waals surface area contributed by atoms with Gasteiger partial charge < -0.3 is 10.1 Å². The molecule has 0 saturated carbocycles. The zero-order chi connectivity index (χ0) is 12.6. The lowest BCUT2D eigenvalue weighted by Gasteiger charge is -2.23. The SMILES string of the molecule is O=C(COCCC1CCCCN1)c1ccccn1. The predicted octanol–water partition coefficient (Wildman–Crippen LogP) is 1.81. The van der Waals surface area contributed by atoms with Crippen LogP contribution in [0, 0.1) is 0 Å². The minimum atomic E-state index is -0.0489. The van der Waals surface area contributed by atoms with Crippen LogP contribution < -0.4 is 5.32 Å². The molecule has 2 heterocycles. The van der Waals surface area contributed by atoms with Crippen molar-refractivity contribution in [1.29, 1.82) is 0 Å². The lowest BCUT2D eigenvalue weighted by Crippen LogP contribution is -2.34. The van der Waals surface area contributed by atoms with Crippen LogP contribution in [-0.2, 0) is 4.74 Å². The molecule has 2 rings (SSSR count). The number of pyridine rings is 1. The number of nitrogens with one attached hydrogen (secondary N) is 1. The average Bonchev–Trinajstić information content (AvgIpc) is 2.45. The third-order valence-corrected chi connectivity index (χ3v) is 3.21. The van der Waals surface area contributed by atoms with Crippen molar-refractivity contribution in [3.05, 3.63) is 30.1 Å². The van der Waals surface area contributed by atoms with Crippen LogP contribution in [0.3, 0.4) is 0 Å². The van der Waals surface area contributed by atoms with Crippen molar-refractivity contribution < 1.29 is 9.53 Å². The highest BCUT2D eigenvalue weighted by Gasteiger charge is 2.12. The molecule has 0 radical (unpaired) electrons. The first-order valence-electron chi connectivity index (χ1n) is 6.61. The van der Waals surface area contributed by atoms with E-state index in [9.17, 15) is 4.79 Å². The Morgan fingerprint density at radius 1 is 1.44 bits per heavy atom. The number of hydrogen-bond acceptors (Lipinski definition) is 4. The number of nitrogens with zero attached hydrogens (tertiary/aromatic N) is 1. The summed E-state index contributed by atoms with van der Waals surface area (Å²) in [6.07, 6.45) is 6.40. The molecule has 0 aromatic carbocycles. The molecule has 0 amide bonds. The summed E-state index contributed by atoms with van der Waals surface area (Å²) in [6, 6.07) is 5.89. The van der Waals surface area contributed by atoms with E-state index in [1.807, 2.05) is 6.07 Å². The Morgan fingerprint density at radius 3 is 3.11 bits per heavy atom. The van der Waals surface area contributed by atoms with E-state index in [2.05, 4.69) is 10.3 Å². The van der Waals surface area contributed by atoms with Gasteiger partial charge in [0.2, 0.25) is 5.78 Å². The zero-order valence-corrected chi connectivity index (χ0v) is 10.6. The number of Topliss-reactive ketones (excluding diaryl/α,β-unsaturated/α-hetero) is 1. The number of aromatic nitrogens is 1. The van der Waals surface area contributed by atoms with Crippen LogP contribution in [0.15, 0.2) is 24.4 Å². The number of rotatable bonds is 6. The Hall–Kier alpha value is -1.26. The molecule has 1 atom stereocenters. The minimum Gasteiger partial charge on any atom is -0.373 e. The highest BCUT2D eigenvalue weighted by molar-refractivity contribution is 5.95. The lowest BCUT2D eigenvalue weighted by atomic mass is 10.0. The smallest absolute Gasteiger partial charge is 0.206 e. The van der Waals surface area contributed by atoms with Gasteiger partial charge in [0.05, 0.1) is 0 Å². The Bertz CT molecular complexity index is 361. The number of ether oxygens (including phenoxy) is 1. The van der Waals surface area contributed by atoms with E-state index in [4.69, 9.17) is 4.74 Å². The van der Waals surface area contributed by atoms with E-state index in [1.54, 1.807) is 18.3 Å². The molecule has 0 bridgehead atoms. The van der Waals surface area contributed by atoms with Gasteiger partial charge in [-0.25, -0.2) is 0 Å². The van der Waals surface area contributed by atoms with Gasteiger partial charge in [-0.15, -0.1) is 0 Å². The van der Waals surface area contributed by atoms with E-state index < -0.39 is 0 Å². The van der Waals surface area contributed by atoms with Gasteiger partial charge in [-0.2, -0.15) is 0 Å². The van der Waals surface area contributed by atoms with Gasteiger partial charge in [0.15, 0.2) is 0 Å². The Kier molecular flexibility index (Phi) is 5.30. The standard InChI is InChI=1S/C14H20N2O2/c17-14(13-6-2-4-9-16-13)11-18-10-7-12-5-1-3-8-15-12/h2,4,6,9,12,15H,1,3,5,7-8,10-11H2. The molecule has 98 valence electrons. The van der Waals surface area contributed by atoms with E-state index in [-0.39, 0.29) is 12.4 Å². The van der Waals surface area contributed by atoms with Crippen LogP contribution in [0.4, 0.5) is 0 Å². The molecule has 4 nitrogen and oxygen atoms in total. The summed E-state index contributed by atoms with van der Waals surface area (Å²) in [7, 11) is 0. The molecule has 1 fully saturated rings. The third-order valence-electron chi connectivity index (χ3n) is 3.21. The molecule has 1 aliphatic rings. The minimum absolute atomic E-state index is 0.0489. The van der Waals surface area contributed by atoms with Crippen LogP contribution >= 0.6 is 0 Å². The topological polar surface area (TPSA) is 51.2 Å². The van der Waals surface area contributed by atoms with Gasteiger partial charge in [-0.05, 0) is 37.9 Å². The van der Waals surface area contributed by atoms with E-state index in [1.165, 1.54) is 19.3 Å². The van der Waals surface area contributed by atoms with Gasteiger partial charge in [-0.1, -0.05) is 12.5 Å². The van der Waals surface area contributed by atoms with Gasteiger partial charge in [0, 0.05) is 18.8 Å². The second-order valence-corrected chi connectivity index (χ2v) is 4.63. The fourth-order valence-electron chi connectivity index (χ4n) is 2.16. The van der Waals surface area contributed by atoms with Gasteiger partial charge in [-0.3, -0.25) is 9.78 Å². The predicted molar refractivity (Wildman–Crippen MR) is 69.6 cm³/mol. The van der Waals surface area contributed by atoms with Crippen molar-refractivity contribution in [2.75, 3.05) is 19.8 Å². The summed E-state index contributed by atoms with van der Waals surface area (Å²) in [6.45, 7) is 1.87. The Balaban J connectivity index is 1.62. The van der Waals surface area contributed by atoms with Crippen molar-refractivity contribution in [1.82, 2.24) is 10.3 Å². The molecule has 1 aliphatic heterocycles. The monoisotopic (exact) mass is 248 g/mol. The summed E-state index contributed by atoms with van der Waals surface area (Å²) in [4.78, 5) is 15.7. The van der Waals surface area contributed by atoms with Crippen LogP contribution in [0.1, 0.15) is 36.2 Å². The van der Waals surface area contributed by atoms with Crippen LogP contribution in [-0.4, -0.2) is 36.6 Å². The molecule has 1 N–H and O–H groups in total. The molecule has 4 heteroatoms. The summed E-state index contributed by atoms with van der Waals surface area (Å²) < 4.78 is 5.42. The Morgan fingerprint density at radius 2 is 2.39 bits per heavy atom. The average molecular weight is 248 g/mol. The van der Waals surface area contributed by atoms with Crippen molar-refractivity contribution in [3.8, 4) is 0 Å². The molecule has 18 heavy (non-hydrogen) atoms. The Labute approximate surface area is 108 Å². The fraction of sp³-hybridized carbons (Fsp3) is 0.571. The maximum absolute atomic E-state index is 11.7. The number of piperidine rings is 1. The van der Waals surface area contributed by atoms with Crippen LogP contribution in [0.5, 0.6) is 0 Å². The zero-order valence-electron chi connectivity index (χ0n) is 10.6. The summed E-state index contributed by atoms with van der Waals surface area (Å²) in [5.74, 6) is -0.0489. The van der Waals surface area contributed by atoms with Crippen LogP contribution in [0.25, 0.3) is 0 Å². The maximum Gasteiger partial charge on any atom is 0.206 e. The molecule has 0 spiro atoms. The summed E-state index contributed by atoms with van der Waals surface area (Å²) in [5, 5.41) is 3.46. The second-order valence-electron chi connectivity index (χ2n) is 4.63. The third kappa shape index (κ3) is 4.20. The summed E-state index contributed by atoms with van der Waals surface area (Å²) >= 11 is 0. The van der Waals surface area contributed by atoms with Gasteiger partial charge >= 0.3 is 0 Å². The van der Waals surface area contributed by atoms with Gasteiger partial charge in [0.25, 0.3) is 0 Å². The first kappa shape index (κ1) is 13.2. The highest BCUT2D eigenvalue weighted by Crippen LogP contribution is 2.09. The summed E-state index contributed by atoms with van der Waals surface area (Å²) in [5.41, 5.74) is 0.480. The molecule has 1 aromatic heterocycles. The van der Waals surface area contributed by atoms with E-state index in [0.29, 0.717) is 18.3 Å². The molecule has 0 aliphatic carbocycles. The van der Waals surface area contributed by atoms with Crippen LogP contribution in [0.2, 0.25) is 0 Å². The number of carbonyl (C=O) groups excluding carboxylic acids is 1. The van der Waals surface area contributed by atoms with Gasteiger partial charge in [0.1, 0.15) is 12.3 Å². The van der Waals surface area contributed by atoms with E-state index >= 15 is 0 Å². The highest BCUT2D eigenvalue weighted by atomic mass is 16.5. The lowest BCUT2D eigenvalue weighted by molar-refractivity contribution is 0.0731. The molecule has 1 unspecified atom stereocenters. The number of carbonyl (C=O) groups is 1. The molecular weight excluding hydrogens is 228 g/mol. The molecule has 1 saturated heterocycles. The van der Waals surface area contributed by atoms with Crippen molar-refractivity contribution in [3.63, 3.8) is 0 Å². The maximum atomic E-state index is 11.7. The van der Waals surface area contributed by atoms with Crippen molar-refractivity contribution in [2.24, 2.45) is 0 Å². The number of hydrogen-bond donors (Lipinski definition) is 1. The number of ketones is 1. The van der Waals surface area contributed by atoms with Crippen molar-refractivity contribution >= 4 is 5.78 Å². The van der Waals surface area contributed by atoms with Crippen molar-refractivity contribution in [2.45, 2.75) is 31.7 Å². The largest absolute Gasteiger partial charge is 0.373 e. The van der Waals surface area contributed by atoms with E-state index in [0.717, 1.165) is 13.0 Å².